The van der Waals surface area contributed by atoms with Crippen LogP contribution in [0.25, 0.3) is 11.5 Å². The number of H-pyrrole nitrogens is 1. The fourth-order valence-corrected chi connectivity index (χ4v) is 1.19. The monoisotopic (exact) mass is 207 g/mol. The molecule has 0 aromatic carbocycles. The van der Waals surface area contributed by atoms with Crippen LogP contribution in [0.3, 0.4) is 0 Å². The molecule has 3 N–H and O–H groups in total. The predicted molar refractivity (Wildman–Crippen MR) is 55.0 cm³/mol. The van der Waals surface area contributed by atoms with Crippen LogP contribution in [0.15, 0.2) is 10.7 Å². The van der Waals surface area contributed by atoms with Gasteiger partial charge in [0, 0.05) is 5.92 Å². The molecule has 6 nitrogen and oxygen atoms in total. The number of hydrogen-bond acceptors (Lipinski definition) is 5. The highest BCUT2D eigenvalue weighted by Crippen LogP contribution is 2.24. The average molecular weight is 207 g/mol. The molecule has 0 saturated carbocycles. The van der Waals surface area contributed by atoms with E-state index in [4.69, 9.17) is 10.3 Å². The Hall–Kier alpha value is -1.85. The number of anilines is 1. The van der Waals surface area contributed by atoms with E-state index in [0.717, 1.165) is 6.42 Å². The molecular formula is C9H13N5O. The molecule has 0 bridgehead atoms. The van der Waals surface area contributed by atoms with Gasteiger partial charge < -0.3 is 10.3 Å². The van der Waals surface area contributed by atoms with Gasteiger partial charge in [0.1, 0.15) is 11.4 Å². The summed E-state index contributed by atoms with van der Waals surface area (Å²) in [5.74, 6) is 1.84. The van der Waals surface area contributed by atoms with Crippen molar-refractivity contribution in [2.24, 2.45) is 0 Å². The summed E-state index contributed by atoms with van der Waals surface area (Å²) in [7, 11) is 0. The van der Waals surface area contributed by atoms with Gasteiger partial charge in [-0.1, -0.05) is 19.0 Å². The molecular weight excluding hydrogens is 194 g/mol. The molecule has 0 radical (unpaired) electrons. The van der Waals surface area contributed by atoms with Crippen molar-refractivity contribution in [1.29, 1.82) is 0 Å². The first kappa shape index (κ1) is 9.70. The first-order chi connectivity index (χ1) is 7.22. The molecule has 15 heavy (non-hydrogen) atoms. The van der Waals surface area contributed by atoms with Gasteiger partial charge in [-0.2, -0.15) is 10.1 Å². The summed E-state index contributed by atoms with van der Waals surface area (Å²) in [6.45, 7) is 4.13. The number of aromatic nitrogens is 4. The van der Waals surface area contributed by atoms with Crippen LogP contribution in [0.4, 0.5) is 5.82 Å². The Morgan fingerprint density at radius 1 is 1.60 bits per heavy atom. The second-order valence-electron chi connectivity index (χ2n) is 3.46. The molecule has 0 aliphatic rings. The van der Waals surface area contributed by atoms with E-state index in [2.05, 4.69) is 27.3 Å². The maximum Gasteiger partial charge on any atom is 0.263 e. The van der Waals surface area contributed by atoms with Crippen LogP contribution in [0, 0.1) is 0 Å². The normalized spacial score (nSPS) is 12.9. The highest BCUT2D eigenvalue weighted by molar-refractivity contribution is 5.65. The molecule has 80 valence electrons. The summed E-state index contributed by atoms with van der Waals surface area (Å²) < 4.78 is 5.11. The lowest BCUT2D eigenvalue weighted by molar-refractivity contribution is 0.416. The first-order valence-electron chi connectivity index (χ1n) is 4.85. The van der Waals surface area contributed by atoms with Crippen molar-refractivity contribution in [3.8, 4) is 11.5 Å². The average Bonchev–Trinajstić information content (AvgIpc) is 2.84. The van der Waals surface area contributed by atoms with Crippen LogP contribution >= 0.6 is 0 Å². The zero-order chi connectivity index (χ0) is 10.8. The highest BCUT2D eigenvalue weighted by atomic mass is 16.5. The number of nitrogens with one attached hydrogen (secondary N) is 1. The number of rotatable bonds is 3. The van der Waals surface area contributed by atoms with Crippen molar-refractivity contribution in [2.45, 2.75) is 26.2 Å². The fraction of sp³-hybridized carbons (Fsp3) is 0.444. The number of hydrogen-bond donors (Lipinski definition) is 2. The van der Waals surface area contributed by atoms with E-state index in [1.807, 2.05) is 6.92 Å². The maximum atomic E-state index is 5.64. The Bertz CT molecular complexity index is 447. The van der Waals surface area contributed by atoms with Gasteiger partial charge in [0.2, 0.25) is 0 Å². The fourth-order valence-electron chi connectivity index (χ4n) is 1.19. The number of nitrogens with zero attached hydrogens (tertiary/aromatic N) is 3. The summed E-state index contributed by atoms with van der Waals surface area (Å²) in [6, 6.07) is 0. The van der Waals surface area contributed by atoms with E-state index < -0.39 is 0 Å². The molecule has 0 amide bonds. The number of nitrogen functional groups attached to an aromatic ring is 1. The van der Waals surface area contributed by atoms with E-state index >= 15 is 0 Å². The van der Waals surface area contributed by atoms with E-state index in [-0.39, 0.29) is 5.92 Å². The summed E-state index contributed by atoms with van der Waals surface area (Å²) in [5.41, 5.74) is 6.29. The Morgan fingerprint density at radius 3 is 3.00 bits per heavy atom. The number of nitrogens with two attached hydrogens (primary N) is 1. The second-order valence-corrected chi connectivity index (χ2v) is 3.46. The minimum Gasteiger partial charge on any atom is -0.383 e. The largest absolute Gasteiger partial charge is 0.383 e. The summed E-state index contributed by atoms with van der Waals surface area (Å²) in [4.78, 5) is 4.27. The van der Waals surface area contributed by atoms with Crippen LogP contribution in [0.2, 0.25) is 0 Å². The Morgan fingerprint density at radius 2 is 2.40 bits per heavy atom. The third kappa shape index (κ3) is 1.70. The molecule has 6 heteroatoms. The third-order valence-electron chi connectivity index (χ3n) is 2.39. The van der Waals surface area contributed by atoms with Gasteiger partial charge >= 0.3 is 0 Å². The Labute approximate surface area is 86.9 Å². The molecule has 0 fully saturated rings. The SMILES string of the molecule is CCC(C)c1noc(-c2cn[nH]c2N)n1. The van der Waals surface area contributed by atoms with Crippen LogP contribution in [0.1, 0.15) is 32.0 Å². The molecule has 1 unspecified atom stereocenters. The van der Waals surface area contributed by atoms with Gasteiger partial charge in [0.25, 0.3) is 5.89 Å². The lowest BCUT2D eigenvalue weighted by Crippen LogP contribution is -1.93. The van der Waals surface area contributed by atoms with Gasteiger partial charge in [-0.15, -0.1) is 0 Å². The number of aromatic amines is 1. The zero-order valence-corrected chi connectivity index (χ0v) is 8.69. The van der Waals surface area contributed by atoms with Gasteiger partial charge in [0.15, 0.2) is 5.82 Å². The Balaban J connectivity index is 2.32. The molecule has 2 aromatic rings. The summed E-state index contributed by atoms with van der Waals surface area (Å²) >= 11 is 0. The van der Waals surface area contributed by atoms with E-state index in [9.17, 15) is 0 Å². The van der Waals surface area contributed by atoms with Crippen LogP contribution in [0.5, 0.6) is 0 Å². The topological polar surface area (TPSA) is 93.6 Å². The lowest BCUT2D eigenvalue weighted by atomic mass is 10.1. The van der Waals surface area contributed by atoms with Crippen LogP contribution < -0.4 is 5.73 Å². The van der Waals surface area contributed by atoms with E-state index in [1.165, 1.54) is 0 Å². The molecule has 0 aliphatic heterocycles. The summed E-state index contributed by atoms with van der Waals surface area (Å²) in [5, 5.41) is 10.3. The Kier molecular flexibility index (Phi) is 2.40. The van der Waals surface area contributed by atoms with E-state index in [1.54, 1.807) is 6.20 Å². The van der Waals surface area contributed by atoms with Crippen molar-refractivity contribution < 1.29 is 4.52 Å². The smallest absolute Gasteiger partial charge is 0.263 e. The highest BCUT2D eigenvalue weighted by Gasteiger charge is 2.15. The van der Waals surface area contributed by atoms with Gasteiger partial charge in [-0.05, 0) is 6.42 Å². The van der Waals surface area contributed by atoms with Crippen molar-refractivity contribution in [3.63, 3.8) is 0 Å². The van der Waals surface area contributed by atoms with Crippen molar-refractivity contribution in [1.82, 2.24) is 20.3 Å². The summed E-state index contributed by atoms with van der Waals surface area (Å²) in [6.07, 6.45) is 2.54. The van der Waals surface area contributed by atoms with Gasteiger partial charge in [-0.25, -0.2) is 0 Å². The standard InChI is InChI=1S/C9H13N5O/c1-3-5(2)8-12-9(15-14-8)6-4-11-13-7(6)10/h4-5H,3H2,1-2H3,(H3,10,11,13). The lowest BCUT2D eigenvalue weighted by Gasteiger charge is -1.98. The van der Waals surface area contributed by atoms with Crippen molar-refractivity contribution >= 4 is 5.82 Å². The molecule has 0 aliphatic carbocycles. The second kappa shape index (κ2) is 3.72. The third-order valence-corrected chi connectivity index (χ3v) is 2.39. The first-order valence-corrected chi connectivity index (χ1v) is 4.85. The van der Waals surface area contributed by atoms with Crippen LogP contribution in [-0.4, -0.2) is 20.3 Å². The van der Waals surface area contributed by atoms with Gasteiger partial charge in [0.05, 0.1) is 6.20 Å². The van der Waals surface area contributed by atoms with E-state index in [0.29, 0.717) is 23.1 Å². The zero-order valence-electron chi connectivity index (χ0n) is 8.69. The minimum absolute atomic E-state index is 0.288. The van der Waals surface area contributed by atoms with Crippen LogP contribution in [-0.2, 0) is 0 Å². The minimum atomic E-state index is 0.288. The molecule has 1 atom stereocenters. The van der Waals surface area contributed by atoms with Crippen molar-refractivity contribution in [3.05, 3.63) is 12.0 Å². The molecule has 0 saturated heterocycles. The van der Waals surface area contributed by atoms with Crippen molar-refractivity contribution in [2.75, 3.05) is 5.73 Å². The molecule has 0 spiro atoms. The maximum absolute atomic E-state index is 5.64. The quantitative estimate of drug-likeness (QED) is 0.796. The molecule has 2 heterocycles. The molecule has 2 rings (SSSR count). The predicted octanol–water partition coefficient (Wildman–Crippen LogP) is 1.56. The van der Waals surface area contributed by atoms with Gasteiger partial charge in [-0.3, -0.25) is 5.10 Å². The molecule has 2 aromatic heterocycles.